The highest BCUT2D eigenvalue weighted by Gasteiger charge is 2.38. The molecule has 1 saturated heterocycles. The lowest BCUT2D eigenvalue weighted by Crippen LogP contribution is -2.57. The molecule has 0 unspecified atom stereocenters. The zero-order valence-electron chi connectivity index (χ0n) is 13.0. The summed E-state index contributed by atoms with van der Waals surface area (Å²) < 4.78 is 20.4. The van der Waals surface area contributed by atoms with Crippen molar-refractivity contribution >= 4 is 5.69 Å². The standard InChI is InChI=1S/C16H25FN2O/c1-11(18)12-6-7-14(13(17)8-12)19-9-15(2,3)20-16(4,5)10-19/h6-8,11H,9-10,18H2,1-5H3/t11-/m0/s1. The van der Waals surface area contributed by atoms with Crippen molar-refractivity contribution in [2.45, 2.75) is 51.9 Å². The molecule has 112 valence electrons. The zero-order valence-corrected chi connectivity index (χ0v) is 13.0. The van der Waals surface area contributed by atoms with Crippen molar-refractivity contribution in [3.8, 4) is 0 Å². The number of anilines is 1. The summed E-state index contributed by atoms with van der Waals surface area (Å²) in [4.78, 5) is 2.06. The molecule has 0 radical (unpaired) electrons. The van der Waals surface area contributed by atoms with E-state index < -0.39 is 0 Å². The number of rotatable bonds is 2. The minimum atomic E-state index is -0.298. The fourth-order valence-corrected chi connectivity index (χ4v) is 3.02. The number of halogens is 1. The predicted octanol–water partition coefficient (Wildman–Crippen LogP) is 3.24. The van der Waals surface area contributed by atoms with E-state index in [2.05, 4.69) is 4.90 Å². The van der Waals surface area contributed by atoms with Gasteiger partial charge in [0.25, 0.3) is 0 Å². The minimum Gasteiger partial charge on any atom is -0.366 e. The number of nitrogens with two attached hydrogens (primary N) is 1. The van der Waals surface area contributed by atoms with E-state index in [0.29, 0.717) is 18.8 Å². The third-order valence-corrected chi connectivity index (χ3v) is 3.53. The second-order valence-corrected chi connectivity index (χ2v) is 6.98. The number of benzene rings is 1. The summed E-state index contributed by atoms with van der Waals surface area (Å²) in [5.41, 5.74) is 6.64. The fourth-order valence-electron chi connectivity index (χ4n) is 3.02. The molecular formula is C16H25FN2O. The maximum atomic E-state index is 14.4. The van der Waals surface area contributed by atoms with Gasteiger partial charge < -0.3 is 15.4 Å². The molecule has 1 aliphatic heterocycles. The van der Waals surface area contributed by atoms with E-state index in [1.54, 1.807) is 0 Å². The number of morpholine rings is 1. The molecule has 1 aromatic carbocycles. The molecule has 2 rings (SSSR count). The normalized spacial score (nSPS) is 22.6. The summed E-state index contributed by atoms with van der Waals surface area (Å²) >= 11 is 0. The third-order valence-electron chi connectivity index (χ3n) is 3.53. The van der Waals surface area contributed by atoms with E-state index >= 15 is 0 Å². The summed E-state index contributed by atoms with van der Waals surface area (Å²) in [6, 6.07) is 5.11. The van der Waals surface area contributed by atoms with Crippen LogP contribution in [0.2, 0.25) is 0 Å². The minimum absolute atomic E-state index is 0.156. The molecule has 20 heavy (non-hydrogen) atoms. The van der Waals surface area contributed by atoms with Gasteiger partial charge in [-0.2, -0.15) is 0 Å². The first-order valence-corrected chi connectivity index (χ1v) is 7.10. The molecule has 0 aliphatic carbocycles. The van der Waals surface area contributed by atoms with Crippen LogP contribution in [-0.4, -0.2) is 24.3 Å². The molecule has 0 saturated carbocycles. The molecule has 0 spiro atoms. The summed E-state index contributed by atoms with van der Waals surface area (Å²) in [5.74, 6) is -0.215. The van der Waals surface area contributed by atoms with Crippen molar-refractivity contribution in [1.29, 1.82) is 0 Å². The lowest BCUT2D eigenvalue weighted by molar-refractivity contribution is -0.133. The Morgan fingerprint density at radius 1 is 1.20 bits per heavy atom. The molecule has 1 aliphatic rings. The lowest BCUT2D eigenvalue weighted by atomic mass is 9.98. The molecule has 4 heteroatoms. The first-order chi connectivity index (χ1) is 9.10. The van der Waals surface area contributed by atoms with Crippen molar-refractivity contribution in [2.24, 2.45) is 5.73 Å². The van der Waals surface area contributed by atoms with Crippen LogP contribution in [-0.2, 0) is 4.74 Å². The Bertz CT molecular complexity index is 481. The highest BCUT2D eigenvalue weighted by Crippen LogP contribution is 2.33. The molecule has 1 atom stereocenters. The first kappa shape index (κ1) is 15.3. The smallest absolute Gasteiger partial charge is 0.146 e. The highest BCUT2D eigenvalue weighted by molar-refractivity contribution is 5.50. The summed E-state index contributed by atoms with van der Waals surface area (Å²) in [5, 5.41) is 0. The van der Waals surface area contributed by atoms with Crippen LogP contribution < -0.4 is 10.6 Å². The van der Waals surface area contributed by atoms with Gasteiger partial charge in [-0.25, -0.2) is 4.39 Å². The second-order valence-electron chi connectivity index (χ2n) is 6.98. The van der Waals surface area contributed by atoms with E-state index in [0.717, 1.165) is 5.56 Å². The van der Waals surface area contributed by atoms with Gasteiger partial charge in [0.1, 0.15) is 5.82 Å². The fraction of sp³-hybridized carbons (Fsp3) is 0.625. The molecule has 3 nitrogen and oxygen atoms in total. The summed E-state index contributed by atoms with van der Waals surface area (Å²) in [6.45, 7) is 11.3. The van der Waals surface area contributed by atoms with Gasteiger partial charge in [-0.3, -0.25) is 0 Å². The Balaban J connectivity index is 2.31. The van der Waals surface area contributed by atoms with Crippen LogP contribution in [0.3, 0.4) is 0 Å². The van der Waals surface area contributed by atoms with Crippen molar-refractivity contribution in [2.75, 3.05) is 18.0 Å². The van der Waals surface area contributed by atoms with E-state index in [1.807, 2.05) is 46.8 Å². The van der Waals surface area contributed by atoms with Crippen LogP contribution in [0.1, 0.15) is 46.2 Å². The third kappa shape index (κ3) is 3.30. The monoisotopic (exact) mass is 280 g/mol. The van der Waals surface area contributed by atoms with Gasteiger partial charge in [0.2, 0.25) is 0 Å². The van der Waals surface area contributed by atoms with Crippen LogP contribution >= 0.6 is 0 Å². The number of hydrogen-bond donors (Lipinski definition) is 1. The van der Waals surface area contributed by atoms with Gasteiger partial charge in [0.05, 0.1) is 16.9 Å². The van der Waals surface area contributed by atoms with E-state index in [9.17, 15) is 4.39 Å². The lowest BCUT2D eigenvalue weighted by Gasteiger charge is -2.48. The molecule has 1 fully saturated rings. The quantitative estimate of drug-likeness (QED) is 0.904. The SMILES string of the molecule is C[C@H](N)c1ccc(N2CC(C)(C)OC(C)(C)C2)c(F)c1. The highest BCUT2D eigenvalue weighted by atomic mass is 19.1. The summed E-state index contributed by atoms with van der Waals surface area (Å²) in [7, 11) is 0. The van der Waals surface area contributed by atoms with Gasteiger partial charge in [-0.15, -0.1) is 0 Å². The maximum Gasteiger partial charge on any atom is 0.146 e. The van der Waals surface area contributed by atoms with E-state index in [-0.39, 0.29) is 23.1 Å². The van der Waals surface area contributed by atoms with Crippen LogP contribution in [0.25, 0.3) is 0 Å². The Hall–Kier alpha value is -1.13. The topological polar surface area (TPSA) is 38.5 Å². The maximum absolute atomic E-state index is 14.4. The van der Waals surface area contributed by atoms with Crippen LogP contribution in [0.5, 0.6) is 0 Å². The second kappa shape index (κ2) is 5.01. The zero-order chi connectivity index (χ0) is 15.1. The number of hydrogen-bond acceptors (Lipinski definition) is 3. The first-order valence-electron chi connectivity index (χ1n) is 7.10. The van der Waals surface area contributed by atoms with Gasteiger partial charge in [-0.1, -0.05) is 6.07 Å². The van der Waals surface area contributed by atoms with Crippen LogP contribution in [0, 0.1) is 5.82 Å². The molecule has 1 heterocycles. The molecule has 2 N–H and O–H groups in total. The van der Waals surface area contributed by atoms with Gasteiger partial charge in [-0.05, 0) is 52.3 Å². The van der Waals surface area contributed by atoms with Crippen molar-refractivity contribution in [1.82, 2.24) is 0 Å². The molecule has 0 bridgehead atoms. The van der Waals surface area contributed by atoms with Crippen molar-refractivity contribution in [3.05, 3.63) is 29.6 Å². The molecule has 1 aromatic rings. The average Bonchev–Trinajstić information content (AvgIpc) is 2.24. The van der Waals surface area contributed by atoms with E-state index in [4.69, 9.17) is 10.5 Å². The number of nitrogens with zero attached hydrogens (tertiary/aromatic N) is 1. The van der Waals surface area contributed by atoms with Crippen LogP contribution in [0.4, 0.5) is 10.1 Å². The average molecular weight is 280 g/mol. The Morgan fingerprint density at radius 3 is 2.20 bits per heavy atom. The Morgan fingerprint density at radius 2 is 1.75 bits per heavy atom. The largest absolute Gasteiger partial charge is 0.366 e. The van der Waals surface area contributed by atoms with Gasteiger partial charge in [0.15, 0.2) is 0 Å². The molecular weight excluding hydrogens is 255 g/mol. The molecule has 0 amide bonds. The number of ether oxygens (including phenoxy) is 1. The Labute approximate surface area is 120 Å². The predicted molar refractivity (Wildman–Crippen MR) is 80.5 cm³/mol. The Kier molecular flexibility index (Phi) is 3.82. The summed E-state index contributed by atoms with van der Waals surface area (Å²) in [6.07, 6.45) is 0. The molecule has 0 aromatic heterocycles. The van der Waals surface area contributed by atoms with Crippen molar-refractivity contribution in [3.63, 3.8) is 0 Å². The van der Waals surface area contributed by atoms with Gasteiger partial charge >= 0.3 is 0 Å². The van der Waals surface area contributed by atoms with Gasteiger partial charge in [0, 0.05) is 19.1 Å². The van der Waals surface area contributed by atoms with E-state index in [1.165, 1.54) is 6.07 Å². The van der Waals surface area contributed by atoms with Crippen LogP contribution in [0.15, 0.2) is 18.2 Å². The van der Waals surface area contributed by atoms with Crippen molar-refractivity contribution < 1.29 is 9.13 Å².